The average molecular weight is 1250 g/mol. The predicted molar refractivity (Wildman–Crippen MR) is 420 cm³/mol. The number of hydrogen-bond donors (Lipinski definition) is 0. The lowest BCUT2D eigenvalue weighted by Crippen LogP contribution is -2.61. The third kappa shape index (κ3) is 9.64. The first-order valence-corrected chi connectivity index (χ1v) is 34.5. The summed E-state index contributed by atoms with van der Waals surface area (Å²) in [7, 11) is 0. The van der Waals surface area contributed by atoms with Gasteiger partial charge >= 0.3 is 0 Å². The molecule has 0 radical (unpaired) electrons. The third-order valence-corrected chi connectivity index (χ3v) is 20.8. The fourth-order valence-electron chi connectivity index (χ4n) is 16.0. The van der Waals surface area contributed by atoms with Gasteiger partial charge in [0.05, 0.1) is 28.1 Å². The molecular weight excluding hydrogens is 1180 g/mol. The zero-order valence-corrected chi connectivity index (χ0v) is 56.1. The molecule has 2 aliphatic rings. The van der Waals surface area contributed by atoms with Gasteiger partial charge in [0.1, 0.15) is 0 Å². The predicted octanol–water partition coefficient (Wildman–Crippen LogP) is 23.8. The van der Waals surface area contributed by atoms with Gasteiger partial charge in [-0.3, -0.25) is 0 Å². The van der Waals surface area contributed by atoms with Crippen molar-refractivity contribution >= 4 is 101 Å². The van der Waals surface area contributed by atoms with Crippen LogP contribution >= 0.6 is 0 Å². The number of rotatable bonds is 9. The molecule has 2 aliphatic heterocycles. The Morgan fingerprint density at radius 1 is 0.265 bits per heavy atom. The lowest BCUT2D eigenvalue weighted by Gasteiger charge is -2.46. The van der Waals surface area contributed by atoms with Crippen molar-refractivity contribution in [1.82, 2.24) is 4.57 Å². The van der Waals surface area contributed by atoms with E-state index in [4.69, 9.17) is 0 Å². The zero-order chi connectivity index (χ0) is 66.0. The molecule has 0 fully saturated rings. The first-order valence-electron chi connectivity index (χ1n) is 34.5. The van der Waals surface area contributed by atoms with Crippen LogP contribution in [0, 0.1) is 0 Å². The second-order valence-corrected chi connectivity index (χ2v) is 28.8. The van der Waals surface area contributed by atoms with Gasteiger partial charge in [0, 0.05) is 55.8 Å². The van der Waals surface area contributed by atoms with Gasteiger partial charge in [-0.15, -0.1) is 0 Å². The molecule has 0 N–H and O–H groups in total. The highest BCUT2D eigenvalue weighted by Crippen LogP contribution is 2.56. The Balaban J connectivity index is 1.08. The SMILES string of the molecule is CC(C)(C)c1cc(-c2ccccc2)c(N2c3ccc(-c4ccccc4)cc3B3c4cc(-c5ccccc5)ccc4N(c4c(-c5ccccc5)cc(C(C)(C)C)cc4-c4ccccc4)c4cc(-n5c6ccc7ccccc7c6c6c7ccccc7ccc65)cc2c43)c(-c2ccccc2)c1. The van der Waals surface area contributed by atoms with Crippen LogP contribution in [-0.2, 0) is 10.8 Å². The summed E-state index contributed by atoms with van der Waals surface area (Å²) in [6, 6.07) is 124. The first kappa shape index (κ1) is 58.8. The van der Waals surface area contributed by atoms with Crippen LogP contribution in [0.2, 0.25) is 0 Å². The summed E-state index contributed by atoms with van der Waals surface area (Å²) in [4.78, 5) is 5.42. The maximum absolute atomic E-state index is 2.71. The molecule has 1 aromatic heterocycles. The fourth-order valence-corrected chi connectivity index (χ4v) is 16.0. The number of fused-ring (bicyclic) bond motifs is 11. The molecule has 0 saturated heterocycles. The summed E-state index contributed by atoms with van der Waals surface area (Å²) >= 11 is 0. The molecule has 0 amide bonds. The number of nitrogens with zero attached hydrogens (tertiary/aromatic N) is 3. The molecular formula is C94H72BN3. The smallest absolute Gasteiger partial charge is 0.252 e. The van der Waals surface area contributed by atoms with Crippen molar-refractivity contribution in [2.75, 3.05) is 9.80 Å². The van der Waals surface area contributed by atoms with Gasteiger partial charge in [0.25, 0.3) is 6.71 Å². The summed E-state index contributed by atoms with van der Waals surface area (Å²) in [5.41, 5.74) is 29.9. The van der Waals surface area contributed by atoms with E-state index in [-0.39, 0.29) is 17.5 Å². The molecule has 466 valence electrons. The van der Waals surface area contributed by atoms with Crippen LogP contribution in [0.25, 0.3) is 116 Å². The highest BCUT2D eigenvalue weighted by molar-refractivity contribution is 7.00. The zero-order valence-electron chi connectivity index (χ0n) is 56.1. The van der Waals surface area contributed by atoms with Gasteiger partial charge in [0.2, 0.25) is 0 Å². The van der Waals surface area contributed by atoms with Gasteiger partial charge in [-0.1, -0.05) is 308 Å². The summed E-state index contributed by atoms with van der Waals surface area (Å²) < 4.78 is 2.60. The van der Waals surface area contributed by atoms with E-state index < -0.39 is 0 Å². The number of benzene rings is 15. The number of anilines is 6. The Morgan fingerprint density at radius 2 is 0.582 bits per heavy atom. The largest absolute Gasteiger partial charge is 0.310 e. The molecule has 15 aromatic carbocycles. The highest BCUT2D eigenvalue weighted by Gasteiger charge is 2.46. The van der Waals surface area contributed by atoms with E-state index in [0.29, 0.717) is 0 Å². The average Bonchev–Trinajstić information content (AvgIpc) is 1.32. The lowest BCUT2D eigenvalue weighted by molar-refractivity contribution is 0.590. The quantitative estimate of drug-likeness (QED) is 0.133. The Hall–Kier alpha value is -11.7. The molecule has 0 saturated carbocycles. The van der Waals surface area contributed by atoms with Crippen LogP contribution in [0.1, 0.15) is 52.7 Å². The van der Waals surface area contributed by atoms with Crippen molar-refractivity contribution in [3.05, 3.63) is 339 Å². The van der Waals surface area contributed by atoms with Gasteiger partial charge in [-0.2, -0.15) is 0 Å². The molecule has 0 aliphatic carbocycles. The van der Waals surface area contributed by atoms with Crippen LogP contribution in [0.4, 0.5) is 34.1 Å². The van der Waals surface area contributed by atoms with Crippen molar-refractivity contribution in [2.24, 2.45) is 0 Å². The van der Waals surface area contributed by atoms with E-state index in [2.05, 4.69) is 383 Å². The Bertz CT molecular complexity index is 5330. The van der Waals surface area contributed by atoms with E-state index in [9.17, 15) is 0 Å². The topological polar surface area (TPSA) is 11.4 Å². The van der Waals surface area contributed by atoms with Crippen LogP contribution < -0.4 is 26.2 Å². The van der Waals surface area contributed by atoms with E-state index in [1.54, 1.807) is 0 Å². The molecule has 18 rings (SSSR count). The number of aromatic nitrogens is 1. The van der Waals surface area contributed by atoms with Gasteiger partial charge in [0.15, 0.2) is 0 Å². The summed E-state index contributed by atoms with van der Waals surface area (Å²) in [5.74, 6) is 0. The molecule has 3 nitrogen and oxygen atoms in total. The van der Waals surface area contributed by atoms with Crippen molar-refractivity contribution in [3.8, 4) is 72.4 Å². The third-order valence-electron chi connectivity index (χ3n) is 20.8. The van der Waals surface area contributed by atoms with Crippen LogP contribution in [0.15, 0.2) is 328 Å². The Kier molecular flexibility index (Phi) is 13.8. The molecule has 0 unspecified atom stereocenters. The van der Waals surface area contributed by atoms with Crippen molar-refractivity contribution in [3.63, 3.8) is 0 Å². The monoisotopic (exact) mass is 1250 g/mol. The molecule has 98 heavy (non-hydrogen) atoms. The first-order chi connectivity index (χ1) is 47.9. The maximum atomic E-state index is 2.71. The second kappa shape index (κ2) is 23.0. The molecule has 0 atom stereocenters. The van der Waals surface area contributed by atoms with Crippen molar-refractivity contribution in [2.45, 2.75) is 52.4 Å². The standard InChI is InChI=1S/C94H72BN3/c1-93(2,3)71-55-76(63-33-17-9-18-34-63)91(77(56-71)64-35-19-10-20-36-64)97-82-49-47-69(61-29-13-7-14-30-61)53-80(82)95-81-54-70(62-31-15-8-16-32-62)48-50-83(81)98(92-78(65-37-21-11-22-38-65)57-72(94(4,5)6)58-79(92)66-39-23-12-24-40-66)87-60-73(59-86(97)90(87)95)96-84-51-45-67-41-25-27-43-74(67)88(84)89-75-44-28-26-42-68(75)46-52-85(89)96/h7-60H,1-6H3. The Labute approximate surface area is 574 Å². The minimum Gasteiger partial charge on any atom is -0.310 e. The van der Waals surface area contributed by atoms with Gasteiger partial charge in [-0.05, 0) is 165 Å². The minimum atomic E-state index is -0.256. The molecule has 3 heterocycles. The minimum absolute atomic E-state index is 0.193. The highest BCUT2D eigenvalue weighted by atomic mass is 15.2. The van der Waals surface area contributed by atoms with Gasteiger partial charge in [-0.25, -0.2) is 0 Å². The number of hydrogen-bond acceptors (Lipinski definition) is 2. The lowest BCUT2D eigenvalue weighted by atomic mass is 9.33. The van der Waals surface area contributed by atoms with Crippen molar-refractivity contribution < 1.29 is 0 Å². The maximum Gasteiger partial charge on any atom is 0.252 e. The molecule has 0 bridgehead atoms. The summed E-state index contributed by atoms with van der Waals surface area (Å²) in [6.07, 6.45) is 0. The molecule has 0 spiro atoms. The summed E-state index contributed by atoms with van der Waals surface area (Å²) in [5, 5.41) is 7.39. The van der Waals surface area contributed by atoms with E-state index in [1.165, 1.54) is 82.1 Å². The fraction of sp³-hybridized carbons (Fsp3) is 0.0851. The summed E-state index contributed by atoms with van der Waals surface area (Å²) in [6.45, 7) is 13.9. The van der Waals surface area contributed by atoms with E-state index in [0.717, 1.165) is 95.4 Å². The van der Waals surface area contributed by atoms with Crippen LogP contribution in [-0.4, -0.2) is 11.3 Å². The van der Waals surface area contributed by atoms with E-state index in [1.807, 2.05) is 0 Å². The normalized spacial score (nSPS) is 12.7. The van der Waals surface area contributed by atoms with E-state index >= 15 is 0 Å². The van der Waals surface area contributed by atoms with Crippen molar-refractivity contribution in [1.29, 1.82) is 0 Å². The Morgan fingerprint density at radius 3 is 0.918 bits per heavy atom. The van der Waals surface area contributed by atoms with Crippen LogP contribution in [0.3, 0.4) is 0 Å². The molecule has 4 heteroatoms. The van der Waals surface area contributed by atoms with Crippen LogP contribution in [0.5, 0.6) is 0 Å². The second-order valence-electron chi connectivity index (χ2n) is 28.8. The molecule has 16 aromatic rings. The van der Waals surface area contributed by atoms with Gasteiger partial charge < -0.3 is 14.4 Å².